The van der Waals surface area contributed by atoms with E-state index in [1.165, 1.54) is 13.2 Å². The minimum atomic E-state index is -0.396. The first kappa shape index (κ1) is 12.7. The molecule has 0 aliphatic carbocycles. The summed E-state index contributed by atoms with van der Waals surface area (Å²) in [5.74, 6) is 5.27. The van der Waals surface area contributed by atoms with Gasteiger partial charge in [-0.25, -0.2) is 4.79 Å². The van der Waals surface area contributed by atoms with Gasteiger partial charge < -0.3 is 9.84 Å². The molecule has 0 heterocycles. The fraction of sp³-hybridized carbons (Fsp3) is 0.545. The zero-order chi connectivity index (χ0) is 11.0. The van der Waals surface area contributed by atoms with E-state index in [2.05, 4.69) is 16.6 Å². The highest BCUT2D eigenvalue weighted by Crippen LogP contribution is 1.95. The van der Waals surface area contributed by atoms with Crippen molar-refractivity contribution < 1.29 is 14.6 Å². The van der Waals surface area contributed by atoms with Crippen LogP contribution >= 0.6 is 0 Å². The third kappa shape index (κ3) is 7.38. The summed E-state index contributed by atoms with van der Waals surface area (Å²) < 4.78 is 4.44. The molecule has 1 unspecified atom stereocenters. The van der Waals surface area contributed by atoms with Gasteiger partial charge in [0.2, 0.25) is 0 Å². The molecule has 0 saturated carbocycles. The molecular formula is C11H16O3. The summed E-state index contributed by atoms with van der Waals surface area (Å²) in [6.07, 6.45) is 2.30. The van der Waals surface area contributed by atoms with Crippen LogP contribution in [0.5, 0.6) is 0 Å². The van der Waals surface area contributed by atoms with Crippen LogP contribution in [0.3, 0.4) is 0 Å². The Bertz CT molecular complexity index is 266. The lowest BCUT2D eigenvalue weighted by atomic mass is 10.2. The van der Waals surface area contributed by atoms with Crippen molar-refractivity contribution in [2.24, 2.45) is 0 Å². The molecule has 0 aromatic rings. The van der Waals surface area contributed by atoms with Crippen molar-refractivity contribution in [1.29, 1.82) is 0 Å². The summed E-state index contributed by atoms with van der Waals surface area (Å²) in [4.78, 5) is 10.8. The second-order valence-electron chi connectivity index (χ2n) is 3.04. The maximum atomic E-state index is 10.8. The van der Waals surface area contributed by atoms with Crippen LogP contribution in [0.1, 0.15) is 26.7 Å². The molecule has 0 aromatic heterocycles. The molecule has 0 amide bonds. The molecule has 0 bridgehead atoms. The van der Waals surface area contributed by atoms with Gasteiger partial charge in [-0.05, 0) is 20.3 Å². The molecule has 0 spiro atoms. The Morgan fingerprint density at radius 3 is 2.79 bits per heavy atom. The summed E-state index contributed by atoms with van der Waals surface area (Å²) in [5, 5.41) is 8.94. The van der Waals surface area contributed by atoms with Gasteiger partial charge >= 0.3 is 5.97 Å². The van der Waals surface area contributed by atoms with Gasteiger partial charge in [0, 0.05) is 18.1 Å². The molecule has 3 heteroatoms. The number of methoxy groups -OCH3 is 1. The predicted octanol–water partition coefficient (Wildman–Crippen LogP) is 1.27. The van der Waals surface area contributed by atoms with Crippen molar-refractivity contribution in [3.8, 4) is 11.8 Å². The first-order chi connectivity index (χ1) is 6.56. The maximum Gasteiger partial charge on any atom is 0.331 e. The standard InChI is InChI=1S/C11H16O3/c1-9(8-11(13)14-3)6-4-5-7-10(2)12/h8,10,12H,5,7H2,1-3H3/b9-8+. The molecule has 78 valence electrons. The van der Waals surface area contributed by atoms with E-state index in [4.69, 9.17) is 5.11 Å². The van der Waals surface area contributed by atoms with E-state index in [1.54, 1.807) is 13.8 Å². The first-order valence-electron chi connectivity index (χ1n) is 4.49. The monoisotopic (exact) mass is 196 g/mol. The lowest BCUT2D eigenvalue weighted by Crippen LogP contribution is -1.97. The minimum absolute atomic E-state index is 0.325. The molecule has 0 aliphatic heterocycles. The lowest BCUT2D eigenvalue weighted by molar-refractivity contribution is -0.134. The van der Waals surface area contributed by atoms with Crippen LogP contribution in [0, 0.1) is 11.8 Å². The number of carbonyl (C=O) groups excluding carboxylic acids is 1. The van der Waals surface area contributed by atoms with Crippen LogP contribution < -0.4 is 0 Å². The van der Waals surface area contributed by atoms with Crippen LogP contribution in [0.4, 0.5) is 0 Å². The Hall–Kier alpha value is -1.27. The molecule has 0 saturated heterocycles. The molecule has 0 rings (SSSR count). The average Bonchev–Trinajstić information content (AvgIpc) is 2.12. The number of aliphatic hydroxyl groups excluding tert-OH is 1. The van der Waals surface area contributed by atoms with Gasteiger partial charge in [0.15, 0.2) is 0 Å². The Labute approximate surface area is 84.8 Å². The molecular weight excluding hydrogens is 180 g/mol. The van der Waals surface area contributed by atoms with Gasteiger partial charge in [-0.15, -0.1) is 0 Å². The molecule has 0 radical (unpaired) electrons. The van der Waals surface area contributed by atoms with Gasteiger partial charge in [0.25, 0.3) is 0 Å². The molecule has 1 N–H and O–H groups in total. The second-order valence-corrected chi connectivity index (χ2v) is 3.04. The fourth-order valence-corrected chi connectivity index (χ4v) is 0.755. The average molecular weight is 196 g/mol. The third-order valence-corrected chi connectivity index (χ3v) is 1.51. The highest BCUT2D eigenvalue weighted by atomic mass is 16.5. The van der Waals surface area contributed by atoms with Crippen molar-refractivity contribution in [2.45, 2.75) is 32.8 Å². The van der Waals surface area contributed by atoms with E-state index in [0.29, 0.717) is 18.4 Å². The number of esters is 1. The highest BCUT2D eigenvalue weighted by molar-refractivity contribution is 5.83. The van der Waals surface area contributed by atoms with Crippen LogP contribution in [0.15, 0.2) is 11.6 Å². The first-order valence-corrected chi connectivity index (χ1v) is 4.49. The summed E-state index contributed by atoms with van der Waals surface area (Å²) in [7, 11) is 1.33. The largest absolute Gasteiger partial charge is 0.466 e. The van der Waals surface area contributed by atoms with E-state index >= 15 is 0 Å². The zero-order valence-corrected chi connectivity index (χ0v) is 8.83. The summed E-state index contributed by atoms with van der Waals surface area (Å²) in [6, 6.07) is 0. The second kappa shape index (κ2) is 7.16. The Morgan fingerprint density at radius 1 is 1.64 bits per heavy atom. The number of aliphatic hydroxyl groups is 1. The van der Waals surface area contributed by atoms with Crippen molar-refractivity contribution in [3.05, 3.63) is 11.6 Å². The Morgan fingerprint density at radius 2 is 2.29 bits per heavy atom. The van der Waals surface area contributed by atoms with E-state index in [-0.39, 0.29) is 6.10 Å². The van der Waals surface area contributed by atoms with Crippen molar-refractivity contribution in [1.82, 2.24) is 0 Å². The van der Waals surface area contributed by atoms with Gasteiger partial charge in [-0.2, -0.15) is 0 Å². The van der Waals surface area contributed by atoms with E-state index in [1.807, 2.05) is 0 Å². The van der Waals surface area contributed by atoms with Crippen LogP contribution in [0.2, 0.25) is 0 Å². The van der Waals surface area contributed by atoms with Crippen LogP contribution in [-0.2, 0) is 9.53 Å². The van der Waals surface area contributed by atoms with E-state index in [9.17, 15) is 4.79 Å². The van der Waals surface area contributed by atoms with Gasteiger partial charge in [-0.3, -0.25) is 0 Å². The number of allylic oxidation sites excluding steroid dienone is 1. The summed E-state index contributed by atoms with van der Waals surface area (Å²) in [5.41, 5.74) is 0.669. The molecule has 3 nitrogen and oxygen atoms in total. The SMILES string of the molecule is COC(=O)/C=C(\C)C#CCCC(C)O. The molecule has 0 fully saturated rings. The zero-order valence-electron chi connectivity index (χ0n) is 8.83. The topological polar surface area (TPSA) is 46.5 Å². The predicted molar refractivity (Wildman–Crippen MR) is 54.5 cm³/mol. The van der Waals surface area contributed by atoms with Crippen LogP contribution in [-0.4, -0.2) is 24.3 Å². The van der Waals surface area contributed by atoms with Gasteiger partial charge in [0.1, 0.15) is 0 Å². The maximum absolute atomic E-state index is 10.8. The minimum Gasteiger partial charge on any atom is -0.466 e. The number of carbonyl (C=O) groups is 1. The number of ether oxygens (including phenoxy) is 1. The van der Waals surface area contributed by atoms with Gasteiger partial charge in [-0.1, -0.05) is 11.8 Å². The summed E-state index contributed by atoms with van der Waals surface area (Å²) >= 11 is 0. The fourth-order valence-electron chi connectivity index (χ4n) is 0.755. The highest BCUT2D eigenvalue weighted by Gasteiger charge is 1.93. The molecule has 0 aromatic carbocycles. The third-order valence-electron chi connectivity index (χ3n) is 1.51. The Balaban J connectivity index is 3.97. The van der Waals surface area contributed by atoms with Crippen molar-refractivity contribution >= 4 is 5.97 Å². The Kier molecular flexibility index (Phi) is 6.51. The number of rotatable bonds is 3. The normalized spacial score (nSPS) is 12.7. The summed E-state index contributed by atoms with van der Waals surface area (Å²) in [6.45, 7) is 3.46. The lowest BCUT2D eigenvalue weighted by Gasteiger charge is -1.96. The van der Waals surface area contributed by atoms with Crippen molar-refractivity contribution in [2.75, 3.05) is 7.11 Å². The molecule has 0 aliphatic rings. The van der Waals surface area contributed by atoms with E-state index < -0.39 is 5.97 Å². The van der Waals surface area contributed by atoms with E-state index in [0.717, 1.165) is 0 Å². The van der Waals surface area contributed by atoms with Gasteiger partial charge in [0.05, 0.1) is 13.2 Å². The van der Waals surface area contributed by atoms with Crippen LogP contribution in [0.25, 0.3) is 0 Å². The number of hydrogen-bond donors (Lipinski definition) is 1. The van der Waals surface area contributed by atoms with Crippen molar-refractivity contribution in [3.63, 3.8) is 0 Å². The quantitative estimate of drug-likeness (QED) is 0.420. The smallest absolute Gasteiger partial charge is 0.331 e. The number of hydrogen-bond acceptors (Lipinski definition) is 3. The molecule has 1 atom stereocenters. The molecule has 14 heavy (non-hydrogen) atoms.